The molecule has 0 radical (unpaired) electrons. The van der Waals surface area contributed by atoms with Crippen LogP contribution in [0.15, 0.2) is 41.9 Å². The lowest BCUT2D eigenvalue weighted by molar-refractivity contribution is 0.233. The van der Waals surface area contributed by atoms with Crippen LogP contribution in [-0.2, 0) is 13.0 Å². The molecule has 0 unspecified atom stereocenters. The number of carbonyl (C=O) groups is 1. The molecule has 22 heavy (non-hydrogen) atoms. The Kier molecular flexibility index (Phi) is 5.06. The molecule has 1 fully saturated rings. The monoisotopic (exact) mass is 315 g/mol. The van der Waals surface area contributed by atoms with Gasteiger partial charge in [0.25, 0.3) is 0 Å². The largest absolute Gasteiger partial charge is 0.335 e. The maximum Gasteiger partial charge on any atom is 0.315 e. The summed E-state index contributed by atoms with van der Waals surface area (Å²) in [4.78, 5) is 16.2. The fourth-order valence-corrected chi connectivity index (χ4v) is 3.66. The van der Waals surface area contributed by atoms with Crippen LogP contribution in [0.25, 0.3) is 0 Å². The smallest absolute Gasteiger partial charge is 0.315 e. The predicted octanol–water partition coefficient (Wildman–Crippen LogP) is 3.35. The van der Waals surface area contributed by atoms with E-state index >= 15 is 0 Å². The van der Waals surface area contributed by atoms with Crippen molar-refractivity contribution in [2.24, 2.45) is 5.92 Å². The van der Waals surface area contributed by atoms with Gasteiger partial charge in [-0.3, -0.25) is 0 Å². The standard InChI is InChI=1S/C17H21N3OS/c21-17(19-12-16-18-9-10-22-16)20-15-8-4-7-14(15)11-13-5-2-1-3-6-13/h1-3,5-6,9-10,14-15H,4,7-8,11-12H2,(H2,19,20,21)/t14-,15+/m0/s1. The minimum atomic E-state index is -0.0832. The quantitative estimate of drug-likeness (QED) is 0.889. The Hall–Kier alpha value is -1.88. The summed E-state index contributed by atoms with van der Waals surface area (Å²) in [6, 6.07) is 10.7. The molecule has 1 aromatic heterocycles. The highest BCUT2D eigenvalue weighted by Crippen LogP contribution is 2.28. The SMILES string of the molecule is O=C(NCc1nccs1)N[C@@H]1CCC[C@H]1Cc1ccccc1. The second-order valence-corrected chi connectivity index (χ2v) is 6.72. The van der Waals surface area contributed by atoms with Crippen molar-refractivity contribution < 1.29 is 4.79 Å². The summed E-state index contributed by atoms with van der Waals surface area (Å²) in [5, 5.41) is 8.88. The van der Waals surface area contributed by atoms with Gasteiger partial charge in [-0.2, -0.15) is 0 Å². The number of nitrogens with zero attached hydrogens (tertiary/aromatic N) is 1. The number of thiazole rings is 1. The zero-order valence-corrected chi connectivity index (χ0v) is 13.3. The first-order chi connectivity index (χ1) is 10.8. The second kappa shape index (κ2) is 7.40. The Morgan fingerprint density at radius 3 is 2.91 bits per heavy atom. The molecule has 0 aliphatic heterocycles. The van der Waals surface area contributed by atoms with Crippen LogP contribution in [0.1, 0.15) is 29.8 Å². The first-order valence-electron chi connectivity index (χ1n) is 7.78. The molecular weight excluding hydrogens is 294 g/mol. The summed E-state index contributed by atoms with van der Waals surface area (Å²) in [6.07, 6.45) is 6.24. The van der Waals surface area contributed by atoms with E-state index in [0.717, 1.165) is 17.8 Å². The fourth-order valence-electron chi connectivity index (χ4n) is 3.10. The van der Waals surface area contributed by atoms with Crippen molar-refractivity contribution >= 4 is 17.4 Å². The fraction of sp³-hybridized carbons (Fsp3) is 0.412. The highest BCUT2D eigenvalue weighted by molar-refractivity contribution is 7.09. The topological polar surface area (TPSA) is 54.0 Å². The number of carbonyl (C=O) groups excluding carboxylic acids is 1. The molecule has 0 saturated heterocycles. The lowest BCUT2D eigenvalue weighted by Crippen LogP contribution is -2.43. The highest BCUT2D eigenvalue weighted by Gasteiger charge is 2.28. The Morgan fingerprint density at radius 2 is 2.14 bits per heavy atom. The number of nitrogens with one attached hydrogen (secondary N) is 2. The average molecular weight is 315 g/mol. The maximum absolute atomic E-state index is 12.0. The zero-order chi connectivity index (χ0) is 15.2. The van der Waals surface area contributed by atoms with Crippen molar-refractivity contribution in [3.63, 3.8) is 0 Å². The van der Waals surface area contributed by atoms with E-state index in [1.807, 2.05) is 11.4 Å². The number of urea groups is 1. The van der Waals surface area contributed by atoms with Crippen LogP contribution >= 0.6 is 11.3 Å². The van der Waals surface area contributed by atoms with Crippen molar-refractivity contribution in [1.82, 2.24) is 15.6 Å². The molecule has 1 saturated carbocycles. The Morgan fingerprint density at radius 1 is 1.27 bits per heavy atom. The van der Waals surface area contributed by atoms with Crippen LogP contribution in [0.3, 0.4) is 0 Å². The first kappa shape index (κ1) is 15.0. The van der Waals surface area contributed by atoms with Gasteiger partial charge in [-0.15, -0.1) is 11.3 Å². The van der Waals surface area contributed by atoms with E-state index in [9.17, 15) is 4.79 Å². The molecule has 5 heteroatoms. The lowest BCUT2D eigenvalue weighted by Gasteiger charge is -2.21. The van der Waals surface area contributed by atoms with Crippen LogP contribution < -0.4 is 10.6 Å². The molecule has 2 aromatic rings. The molecule has 2 amide bonds. The summed E-state index contributed by atoms with van der Waals surface area (Å²) in [5.41, 5.74) is 1.35. The number of benzene rings is 1. The molecule has 2 atom stereocenters. The Balaban J connectivity index is 1.49. The van der Waals surface area contributed by atoms with Gasteiger partial charge in [-0.1, -0.05) is 36.8 Å². The molecule has 1 heterocycles. The van der Waals surface area contributed by atoms with Crippen LogP contribution in [0.4, 0.5) is 4.79 Å². The van der Waals surface area contributed by atoms with Crippen molar-refractivity contribution in [1.29, 1.82) is 0 Å². The van der Waals surface area contributed by atoms with Gasteiger partial charge in [0.05, 0.1) is 6.54 Å². The van der Waals surface area contributed by atoms with Gasteiger partial charge in [0, 0.05) is 17.6 Å². The molecule has 0 spiro atoms. The Labute approximate surface area is 135 Å². The number of hydrogen-bond donors (Lipinski definition) is 2. The number of amides is 2. The summed E-state index contributed by atoms with van der Waals surface area (Å²) in [6.45, 7) is 0.500. The van der Waals surface area contributed by atoms with E-state index in [2.05, 4.69) is 39.9 Å². The minimum Gasteiger partial charge on any atom is -0.335 e. The summed E-state index contributed by atoms with van der Waals surface area (Å²) in [5.74, 6) is 0.535. The van der Waals surface area contributed by atoms with E-state index in [4.69, 9.17) is 0 Å². The first-order valence-corrected chi connectivity index (χ1v) is 8.66. The van der Waals surface area contributed by atoms with Gasteiger partial charge < -0.3 is 10.6 Å². The van der Waals surface area contributed by atoms with Crippen LogP contribution in [0, 0.1) is 5.92 Å². The van der Waals surface area contributed by atoms with E-state index in [-0.39, 0.29) is 12.1 Å². The van der Waals surface area contributed by atoms with Gasteiger partial charge in [0.2, 0.25) is 0 Å². The number of hydrogen-bond acceptors (Lipinski definition) is 3. The highest BCUT2D eigenvalue weighted by atomic mass is 32.1. The number of aromatic nitrogens is 1. The van der Waals surface area contributed by atoms with Crippen LogP contribution in [0.5, 0.6) is 0 Å². The molecule has 116 valence electrons. The van der Waals surface area contributed by atoms with Gasteiger partial charge >= 0.3 is 6.03 Å². The van der Waals surface area contributed by atoms with Crippen molar-refractivity contribution in [2.45, 2.75) is 38.3 Å². The summed E-state index contributed by atoms with van der Waals surface area (Å²) >= 11 is 1.56. The van der Waals surface area contributed by atoms with Gasteiger partial charge in [0.1, 0.15) is 5.01 Å². The molecule has 1 aliphatic carbocycles. The van der Waals surface area contributed by atoms with Gasteiger partial charge in [-0.25, -0.2) is 9.78 Å². The maximum atomic E-state index is 12.0. The third-order valence-corrected chi connectivity index (χ3v) is 4.98. The van der Waals surface area contributed by atoms with Crippen molar-refractivity contribution in [3.05, 3.63) is 52.5 Å². The zero-order valence-electron chi connectivity index (χ0n) is 12.5. The lowest BCUT2D eigenvalue weighted by atomic mass is 9.95. The summed E-state index contributed by atoms with van der Waals surface area (Å²) < 4.78 is 0. The van der Waals surface area contributed by atoms with Crippen LogP contribution in [0.2, 0.25) is 0 Å². The molecule has 1 aromatic carbocycles. The third kappa shape index (κ3) is 4.07. The van der Waals surface area contributed by atoms with Crippen molar-refractivity contribution in [3.8, 4) is 0 Å². The second-order valence-electron chi connectivity index (χ2n) is 5.74. The van der Waals surface area contributed by atoms with Crippen molar-refractivity contribution in [2.75, 3.05) is 0 Å². The predicted molar refractivity (Wildman–Crippen MR) is 88.8 cm³/mol. The normalized spacial score (nSPS) is 20.7. The van der Waals surface area contributed by atoms with E-state index in [0.29, 0.717) is 12.5 Å². The van der Waals surface area contributed by atoms with E-state index in [1.165, 1.54) is 18.4 Å². The van der Waals surface area contributed by atoms with Gasteiger partial charge in [-0.05, 0) is 30.7 Å². The van der Waals surface area contributed by atoms with E-state index < -0.39 is 0 Å². The van der Waals surface area contributed by atoms with Crippen LogP contribution in [-0.4, -0.2) is 17.1 Å². The molecule has 4 nitrogen and oxygen atoms in total. The molecule has 3 rings (SSSR count). The molecular formula is C17H21N3OS. The molecule has 0 bridgehead atoms. The summed E-state index contributed by atoms with van der Waals surface area (Å²) in [7, 11) is 0. The number of rotatable bonds is 5. The average Bonchev–Trinajstić information content (AvgIpc) is 3.19. The molecule has 2 N–H and O–H groups in total. The Bertz CT molecular complexity index is 585. The van der Waals surface area contributed by atoms with E-state index in [1.54, 1.807) is 17.5 Å². The third-order valence-electron chi connectivity index (χ3n) is 4.20. The van der Waals surface area contributed by atoms with Gasteiger partial charge in [0.15, 0.2) is 0 Å². The minimum absolute atomic E-state index is 0.0832. The molecule has 1 aliphatic rings.